The number of nitrogens with one attached hydrogen (secondary N) is 2. The number of amides is 1. The predicted molar refractivity (Wildman–Crippen MR) is 141 cm³/mol. The molecule has 33 heavy (non-hydrogen) atoms. The molecule has 0 aliphatic carbocycles. The molecule has 168 valence electrons. The lowest BCUT2D eigenvalue weighted by molar-refractivity contribution is -0.122. The van der Waals surface area contributed by atoms with Gasteiger partial charge >= 0.3 is 0 Å². The number of aromatic amines is 1. The summed E-state index contributed by atoms with van der Waals surface area (Å²) in [6.07, 6.45) is 8.22. The summed E-state index contributed by atoms with van der Waals surface area (Å²) in [5.41, 5.74) is 3.89. The normalized spacial score (nSPS) is 13.9. The van der Waals surface area contributed by atoms with Crippen LogP contribution in [0.4, 0.5) is 0 Å². The molecule has 1 fully saturated rings. The highest BCUT2D eigenvalue weighted by molar-refractivity contribution is 7.80. The Labute approximate surface area is 204 Å². The second-order valence-electron chi connectivity index (χ2n) is 7.29. The molecule has 1 amide bonds. The van der Waals surface area contributed by atoms with Gasteiger partial charge in [0.15, 0.2) is 9.88 Å². The van der Waals surface area contributed by atoms with Crippen LogP contribution < -0.4 is 5.32 Å². The summed E-state index contributed by atoms with van der Waals surface area (Å²) in [4.78, 5) is 16.7. The summed E-state index contributed by atoms with van der Waals surface area (Å²) >= 11 is 10.3. The Bertz CT molecular complexity index is 1210. The van der Waals surface area contributed by atoms with Gasteiger partial charge < -0.3 is 14.9 Å². The molecule has 1 aliphatic heterocycles. The molecule has 3 aromatic rings. The van der Waals surface area contributed by atoms with Crippen molar-refractivity contribution in [1.29, 1.82) is 0 Å². The van der Waals surface area contributed by atoms with E-state index in [1.54, 1.807) is 12.2 Å². The zero-order chi connectivity index (χ0) is 23.6. The fourth-order valence-electron chi connectivity index (χ4n) is 3.25. The van der Waals surface area contributed by atoms with Gasteiger partial charge in [0.1, 0.15) is 5.70 Å². The Morgan fingerprint density at radius 1 is 0.909 bits per heavy atom. The maximum absolute atomic E-state index is 12.0. The molecule has 2 N–H and O–H groups in total. The highest BCUT2D eigenvalue weighted by Gasteiger charge is 2.29. The first-order chi connectivity index (χ1) is 16.0. The van der Waals surface area contributed by atoms with E-state index in [0.717, 1.165) is 29.0 Å². The van der Waals surface area contributed by atoms with E-state index in [1.807, 2.05) is 59.2 Å². The Kier molecular flexibility index (Phi) is 8.69. The van der Waals surface area contributed by atoms with E-state index in [4.69, 9.17) is 24.4 Å². The third kappa shape index (κ3) is 6.71. The number of thiocarbonyl (C=S) groups is 1. The van der Waals surface area contributed by atoms with Crippen molar-refractivity contribution >= 4 is 41.5 Å². The van der Waals surface area contributed by atoms with E-state index in [2.05, 4.69) is 41.8 Å². The Morgan fingerprint density at radius 3 is 2.18 bits per heavy atom. The summed E-state index contributed by atoms with van der Waals surface area (Å²) in [5, 5.41) is 3.34. The average Bonchev–Trinajstić information content (AvgIpc) is 3.29. The van der Waals surface area contributed by atoms with E-state index in [-0.39, 0.29) is 5.91 Å². The summed E-state index contributed by atoms with van der Waals surface area (Å²) in [7, 11) is 0. The lowest BCUT2D eigenvalue weighted by Gasteiger charge is -2.09. The highest BCUT2D eigenvalue weighted by atomic mass is 32.1. The summed E-state index contributed by atoms with van der Waals surface area (Å²) in [6.45, 7) is 8.49. The van der Waals surface area contributed by atoms with E-state index >= 15 is 0 Å². The standard InChI is InChI=1S/C13H12N2OS.C13H14N2S/c1-2-8-15-12(16)11(14-13(15)17)9-10-6-4-3-5-7-10;1-2-8-15-10-12(14-13(15)16)9-11-6-4-3-5-7-11/h2-7,9H,1,8H2,(H,14,17);2-7,10H,1,8-9H2,(H,14,16)/b11-9-;. The van der Waals surface area contributed by atoms with Crippen molar-refractivity contribution < 1.29 is 4.79 Å². The van der Waals surface area contributed by atoms with Crippen molar-refractivity contribution in [2.75, 3.05) is 6.54 Å². The second-order valence-corrected chi connectivity index (χ2v) is 8.06. The number of aromatic nitrogens is 2. The lowest BCUT2D eigenvalue weighted by Crippen LogP contribution is -2.30. The van der Waals surface area contributed by atoms with Gasteiger partial charge in [-0.05, 0) is 41.6 Å². The Hall–Kier alpha value is -3.55. The van der Waals surface area contributed by atoms with Gasteiger partial charge in [0.2, 0.25) is 0 Å². The molecule has 4 rings (SSSR count). The van der Waals surface area contributed by atoms with Crippen molar-refractivity contribution in [2.24, 2.45) is 0 Å². The van der Waals surface area contributed by atoms with Gasteiger partial charge in [-0.1, -0.05) is 72.8 Å². The highest BCUT2D eigenvalue weighted by Crippen LogP contribution is 2.14. The van der Waals surface area contributed by atoms with Crippen LogP contribution in [-0.2, 0) is 17.8 Å². The fraction of sp³-hybridized carbons (Fsp3) is 0.115. The third-order valence-corrected chi connectivity index (χ3v) is 5.45. The molecule has 2 aromatic carbocycles. The molecule has 1 saturated heterocycles. The summed E-state index contributed by atoms with van der Waals surface area (Å²) < 4.78 is 2.74. The minimum absolute atomic E-state index is 0.112. The topological polar surface area (TPSA) is 53.1 Å². The molecule has 0 spiro atoms. The number of carbonyl (C=O) groups excluding carboxylic acids is 1. The van der Waals surface area contributed by atoms with Gasteiger partial charge in [0.25, 0.3) is 5.91 Å². The van der Waals surface area contributed by atoms with Crippen molar-refractivity contribution in [3.05, 3.63) is 119 Å². The first-order valence-electron chi connectivity index (χ1n) is 10.5. The number of benzene rings is 2. The van der Waals surface area contributed by atoms with Crippen molar-refractivity contribution in [1.82, 2.24) is 19.8 Å². The monoisotopic (exact) mass is 474 g/mol. The maximum Gasteiger partial charge on any atom is 0.276 e. The number of hydrogen-bond donors (Lipinski definition) is 2. The van der Waals surface area contributed by atoms with Crippen molar-refractivity contribution in [2.45, 2.75) is 13.0 Å². The van der Waals surface area contributed by atoms with E-state index in [9.17, 15) is 4.79 Å². The number of H-pyrrole nitrogens is 1. The van der Waals surface area contributed by atoms with Crippen LogP contribution in [0.2, 0.25) is 0 Å². The Morgan fingerprint density at radius 2 is 1.55 bits per heavy atom. The molecular formula is C26H26N4OS2. The smallest absolute Gasteiger partial charge is 0.276 e. The molecule has 7 heteroatoms. The number of nitrogens with zero attached hydrogens (tertiary/aromatic N) is 2. The van der Waals surface area contributed by atoms with E-state index < -0.39 is 0 Å². The summed E-state index contributed by atoms with van der Waals surface area (Å²) in [6, 6.07) is 20.0. The van der Waals surface area contributed by atoms with Crippen LogP contribution in [0.1, 0.15) is 16.8 Å². The van der Waals surface area contributed by atoms with Crippen molar-refractivity contribution in [3.8, 4) is 0 Å². The number of rotatable bonds is 7. The molecule has 0 bridgehead atoms. The molecule has 1 aliphatic rings. The molecule has 1 aromatic heterocycles. The molecule has 0 unspecified atom stereocenters. The van der Waals surface area contributed by atoms with Gasteiger partial charge in [-0.25, -0.2) is 0 Å². The van der Waals surface area contributed by atoms with Crippen LogP contribution >= 0.6 is 24.4 Å². The van der Waals surface area contributed by atoms with Gasteiger partial charge in [0, 0.05) is 31.4 Å². The number of carbonyl (C=O) groups is 1. The van der Waals surface area contributed by atoms with Crippen LogP contribution in [0.3, 0.4) is 0 Å². The second kappa shape index (κ2) is 11.9. The van der Waals surface area contributed by atoms with Gasteiger partial charge in [-0.2, -0.15) is 0 Å². The fourth-order valence-corrected chi connectivity index (χ4v) is 3.78. The third-order valence-electron chi connectivity index (χ3n) is 4.79. The summed E-state index contributed by atoms with van der Waals surface area (Å²) in [5.74, 6) is -0.112. The average molecular weight is 475 g/mol. The first-order valence-corrected chi connectivity index (χ1v) is 11.3. The zero-order valence-corrected chi connectivity index (χ0v) is 19.9. The minimum atomic E-state index is -0.112. The predicted octanol–water partition coefficient (Wildman–Crippen LogP) is 5.25. The van der Waals surface area contributed by atoms with Gasteiger partial charge in [-0.15, -0.1) is 13.2 Å². The molecule has 0 saturated carbocycles. The van der Waals surface area contributed by atoms with Gasteiger partial charge in [-0.3, -0.25) is 9.69 Å². The first kappa shape index (κ1) is 24.1. The zero-order valence-electron chi connectivity index (χ0n) is 18.2. The minimum Gasteiger partial charge on any atom is -0.334 e. The van der Waals surface area contributed by atoms with Gasteiger partial charge in [0.05, 0.1) is 0 Å². The largest absolute Gasteiger partial charge is 0.334 e. The van der Waals surface area contributed by atoms with E-state index in [0.29, 0.717) is 17.4 Å². The molecule has 2 heterocycles. The van der Waals surface area contributed by atoms with Crippen LogP contribution in [0.15, 0.2) is 97.9 Å². The molecular weight excluding hydrogens is 448 g/mol. The quantitative estimate of drug-likeness (QED) is 0.279. The van der Waals surface area contributed by atoms with Crippen LogP contribution in [0, 0.1) is 4.77 Å². The van der Waals surface area contributed by atoms with E-state index in [1.165, 1.54) is 10.5 Å². The van der Waals surface area contributed by atoms with Crippen molar-refractivity contribution in [3.63, 3.8) is 0 Å². The van der Waals surface area contributed by atoms with Crippen LogP contribution in [0.5, 0.6) is 0 Å². The molecule has 5 nitrogen and oxygen atoms in total. The molecule has 0 radical (unpaired) electrons. The van der Waals surface area contributed by atoms with Crippen LogP contribution in [-0.4, -0.2) is 32.0 Å². The van der Waals surface area contributed by atoms with Crippen LogP contribution in [0.25, 0.3) is 6.08 Å². The lowest BCUT2D eigenvalue weighted by atomic mass is 10.1. The number of allylic oxidation sites excluding steroid dienone is 1. The SMILES string of the molecule is C=CCN1C(=O)/C(=C/c2ccccc2)NC1=S.C=CCn1cc(Cc2ccccc2)[nH]c1=S. The maximum atomic E-state index is 12.0. The number of imidazole rings is 1. The molecule has 0 atom stereocenters. The Balaban J connectivity index is 0.000000186. The number of hydrogen-bond acceptors (Lipinski definition) is 3.